The summed E-state index contributed by atoms with van der Waals surface area (Å²) < 4.78 is 5.29. The minimum atomic E-state index is -0.421. The van der Waals surface area contributed by atoms with Gasteiger partial charge in [-0.25, -0.2) is 0 Å². The fourth-order valence-electron chi connectivity index (χ4n) is 3.14. The number of amides is 1. The predicted octanol–water partition coefficient (Wildman–Crippen LogP) is 3.69. The molecule has 1 aromatic rings. The third kappa shape index (κ3) is 3.98. The number of nitrogens with one attached hydrogen (secondary N) is 1. The number of ether oxygens (including phenoxy) is 1. The molecule has 0 aliphatic heterocycles. The van der Waals surface area contributed by atoms with Gasteiger partial charge in [0.1, 0.15) is 0 Å². The average Bonchev–Trinajstić information content (AvgIpc) is 2.52. The van der Waals surface area contributed by atoms with E-state index in [-0.39, 0.29) is 5.91 Å². The molecule has 1 N–H and O–H groups in total. The van der Waals surface area contributed by atoms with E-state index in [0.29, 0.717) is 24.8 Å². The standard InChI is InChI=1S/C17H24ClNO2/c1-2-21-12-11-19-16(20)17(9-4-3-5-10-17)14-7-6-8-15(18)13-14/h6-8,13H,2-5,9-12H2,1H3,(H,19,20). The fraction of sp³-hybridized carbons (Fsp3) is 0.588. The monoisotopic (exact) mass is 309 g/mol. The molecule has 0 aromatic heterocycles. The number of benzene rings is 1. The molecule has 0 atom stereocenters. The van der Waals surface area contributed by atoms with Crippen molar-refractivity contribution in [2.75, 3.05) is 19.8 Å². The van der Waals surface area contributed by atoms with Crippen molar-refractivity contribution in [1.82, 2.24) is 5.32 Å². The Kier molecular flexibility index (Phi) is 6.07. The van der Waals surface area contributed by atoms with Gasteiger partial charge in [0, 0.05) is 18.2 Å². The third-order valence-electron chi connectivity index (χ3n) is 4.26. The second-order valence-electron chi connectivity index (χ2n) is 5.61. The maximum absolute atomic E-state index is 12.8. The van der Waals surface area contributed by atoms with E-state index in [4.69, 9.17) is 16.3 Å². The Labute approximate surface area is 132 Å². The lowest BCUT2D eigenvalue weighted by atomic mass is 9.68. The van der Waals surface area contributed by atoms with Gasteiger partial charge in [-0.1, -0.05) is 43.0 Å². The Morgan fingerprint density at radius 1 is 1.33 bits per heavy atom. The first-order chi connectivity index (χ1) is 10.2. The maximum Gasteiger partial charge on any atom is 0.230 e. The first-order valence-corrected chi connectivity index (χ1v) is 8.19. The van der Waals surface area contributed by atoms with Crippen molar-refractivity contribution in [2.45, 2.75) is 44.4 Å². The highest BCUT2D eigenvalue weighted by Gasteiger charge is 2.40. The Hall–Kier alpha value is -1.06. The van der Waals surface area contributed by atoms with E-state index in [1.54, 1.807) is 0 Å². The number of carbonyl (C=O) groups excluding carboxylic acids is 1. The molecule has 0 unspecified atom stereocenters. The smallest absolute Gasteiger partial charge is 0.230 e. The molecule has 0 heterocycles. The zero-order chi connectivity index (χ0) is 15.1. The molecule has 0 radical (unpaired) electrons. The third-order valence-corrected chi connectivity index (χ3v) is 4.49. The van der Waals surface area contributed by atoms with Crippen LogP contribution in [0.3, 0.4) is 0 Å². The van der Waals surface area contributed by atoms with Gasteiger partial charge < -0.3 is 10.1 Å². The Morgan fingerprint density at radius 3 is 2.76 bits per heavy atom. The molecule has 3 nitrogen and oxygen atoms in total. The molecule has 1 saturated carbocycles. The normalized spacial score (nSPS) is 17.4. The van der Waals surface area contributed by atoms with Crippen LogP contribution in [0.4, 0.5) is 0 Å². The van der Waals surface area contributed by atoms with Crippen LogP contribution in [0.5, 0.6) is 0 Å². The van der Waals surface area contributed by atoms with Gasteiger partial charge in [0.2, 0.25) is 5.91 Å². The Morgan fingerprint density at radius 2 is 2.10 bits per heavy atom. The van der Waals surface area contributed by atoms with E-state index in [9.17, 15) is 4.79 Å². The molecule has 1 aliphatic rings. The maximum atomic E-state index is 12.8. The zero-order valence-electron chi connectivity index (χ0n) is 12.7. The van der Waals surface area contributed by atoms with Crippen molar-refractivity contribution >= 4 is 17.5 Å². The molecule has 0 spiro atoms. The van der Waals surface area contributed by atoms with E-state index < -0.39 is 5.41 Å². The molecule has 1 aliphatic carbocycles. The SMILES string of the molecule is CCOCCNC(=O)C1(c2cccc(Cl)c2)CCCCC1. The highest BCUT2D eigenvalue weighted by atomic mass is 35.5. The van der Waals surface area contributed by atoms with Crippen molar-refractivity contribution in [3.05, 3.63) is 34.9 Å². The van der Waals surface area contributed by atoms with E-state index >= 15 is 0 Å². The molecule has 0 bridgehead atoms. The van der Waals surface area contributed by atoms with E-state index in [1.165, 1.54) is 6.42 Å². The van der Waals surface area contributed by atoms with Gasteiger partial charge in [-0.05, 0) is 37.5 Å². The van der Waals surface area contributed by atoms with Crippen LogP contribution in [0.15, 0.2) is 24.3 Å². The van der Waals surface area contributed by atoms with Crippen LogP contribution in [-0.2, 0) is 14.9 Å². The lowest BCUT2D eigenvalue weighted by Gasteiger charge is -2.36. The van der Waals surface area contributed by atoms with Gasteiger partial charge >= 0.3 is 0 Å². The second kappa shape index (κ2) is 7.81. The zero-order valence-corrected chi connectivity index (χ0v) is 13.4. The van der Waals surface area contributed by atoms with Gasteiger partial charge in [-0.2, -0.15) is 0 Å². The van der Waals surface area contributed by atoms with Gasteiger partial charge in [0.25, 0.3) is 0 Å². The molecule has 1 amide bonds. The summed E-state index contributed by atoms with van der Waals surface area (Å²) in [6.07, 6.45) is 5.17. The first-order valence-electron chi connectivity index (χ1n) is 7.81. The molecule has 1 aromatic carbocycles. The largest absolute Gasteiger partial charge is 0.380 e. The number of hydrogen-bond acceptors (Lipinski definition) is 2. The summed E-state index contributed by atoms with van der Waals surface area (Å²) in [5.41, 5.74) is 0.624. The van der Waals surface area contributed by atoms with E-state index in [1.807, 2.05) is 31.2 Å². The van der Waals surface area contributed by atoms with Crippen LogP contribution >= 0.6 is 11.6 Å². The first kappa shape index (κ1) is 16.3. The molecule has 21 heavy (non-hydrogen) atoms. The van der Waals surface area contributed by atoms with Crippen molar-refractivity contribution in [2.24, 2.45) is 0 Å². The van der Waals surface area contributed by atoms with Crippen LogP contribution in [0.25, 0.3) is 0 Å². The van der Waals surface area contributed by atoms with Gasteiger partial charge in [0.15, 0.2) is 0 Å². The average molecular weight is 310 g/mol. The van der Waals surface area contributed by atoms with Crippen LogP contribution < -0.4 is 5.32 Å². The quantitative estimate of drug-likeness (QED) is 0.814. The number of rotatable bonds is 6. The predicted molar refractivity (Wildman–Crippen MR) is 85.7 cm³/mol. The summed E-state index contributed by atoms with van der Waals surface area (Å²) in [6.45, 7) is 3.76. The van der Waals surface area contributed by atoms with Crippen LogP contribution in [0.2, 0.25) is 5.02 Å². The van der Waals surface area contributed by atoms with Crippen LogP contribution in [-0.4, -0.2) is 25.7 Å². The van der Waals surface area contributed by atoms with E-state index in [0.717, 1.165) is 31.2 Å². The summed E-state index contributed by atoms with van der Waals surface area (Å²) in [5.74, 6) is 0.115. The number of carbonyl (C=O) groups is 1. The van der Waals surface area contributed by atoms with E-state index in [2.05, 4.69) is 5.32 Å². The summed E-state index contributed by atoms with van der Waals surface area (Å²) in [4.78, 5) is 12.8. The molecule has 1 fully saturated rings. The summed E-state index contributed by atoms with van der Waals surface area (Å²) >= 11 is 6.12. The summed E-state index contributed by atoms with van der Waals surface area (Å²) in [5, 5.41) is 3.73. The number of halogens is 1. The van der Waals surface area contributed by atoms with Crippen molar-refractivity contribution in [3.63, 3.8) is 0 Å². The molecular weight excluding hydrogens is 286 g/mol. The highest BCUT2D eigenvalue weighted by Crippen LogP contribution is 2.40. The van der Waals surface area contributed by atoms with Crippen LogP contribution in [0.1, 0.15) is 44.6 Å². The Bertz CT molecular complexity index is 470. The summed E-state index contributed by atoms with van der Waals surface area (Å²) in [6, 6.07) is 7.75. The molecular formula is C17H24ClNO2. The molecule has 4 heteroatoms. The minimum absolute atomic E-state index is 0.115. The summed E-state index contributed by atoms with van der Waals surface area (Å²) in [7, 11) is 0. The molecule has 116 valence electrons. The topological polar surface area (TPSA) is 38.3 Å². The molecule has 0 saturated heterocycles. The minimum Gasteiger partial charge on any atom is -0.380 e. The van der Waals surface area contributed by atoms with Crippen molar-refractivity contribution < 1.29 is 9.53 Å². The lowest BCUT2D eigenvalue weighted by molar-refractivity contribution is -0.128. The fourth-order valence-corrected chi connectivity index (χ4v) is 3.33. The second-order valence-corrected chi connectivity index (χ2v) is 6.04. The van der Waals surface area contributed by atoms with Gasteiger partial charge in [-0.3, -0.25) is 4.79 Å². The number of hydrogen-bond donors (Lipinski definition) is 1. The lowest BCUT2D eigenvalue weighted by Crippen LogP contribution is -2.46. The van der Waals surface area contributed by atoms with Crippen molar-refractivity contribution in [3.8, 4) is 0 Å². The van der Waals surface area contributed by atoms with Gasteiger partial charge in [0.05, 0.1) is 12.0 Å². The Balaban J connectivity index is 2.15. The van der Waals surface area contributed by atoms with Crippen LogP contribution in [0, 0.1) is 0 Å². The van der Waals surface area contributed by atoms with Crippen molar-refractivity contribution in [1.29, 1.82) is 0 Å². The highest BCUT2D eigenvalue weighted by molar-refractivity contribution is 6.30. The van der Waals surface area contributed by atoms with Gasteiger partial charge in [-0.15, -0.1) is 0 Å². The molecule has 2 rings (SSSR count).